The van der Waals surface area contributed by atoms with Gasteiger partial charge in [-0.2, -0.15) is 0 Å². The van der Waals surface area contributed by atoms with Crippen LogP contribution in [0.4, 0.5) is 11.4 Å². The quantitative estimate of drug-likeness (QED) is 0.776. The van der Waals surface area contributed by atoms with Crippen LogP contribution in [-0.2, 0) is 0 Å². The molecule has 1 heterocycles. The molecule has 20 heavy (non-hydrogen) atoms. The summed E-state index contributed by atoms with van der Waals surface area (Å²) in [6.45, 7) is 9.07. The molecule has 0 bridgehead atoms. The summed E-state index contributed by atoms with van der Waals surface area (Å²) >= 11 is 0. The van der Waals surface area contributed by atoms with Crippen molar-refractivity contribution >= 4 is 11.4 Å². The van der Waals surface area contributed by atoms with E-state index in [0.29, 0.717) is 6.54 Å². The molecule has 0 amide bonds. The Morgan fingerprint density at radius 3 is 2.15 bits per heavy atom. The molecule has 5 nitrogen and oxygen atoms in total. The largest absolute Gasteiger partial charge is 0.395 e. The van der Waals surface area contributed by atoms with Crippen molar-refractivity contribution in [3.8, 4) is 0 Å². The molecule has 1 unspecified atom stereocenters. The smallest absolute Gasteiger partial charge is 0.155 e. The second kappa shape index (κ2) is 6.92. The number of β-amino-alcohol motifs (C(OH)–C–C–N with tert-alkyl or cyclic N) is 1. The highest BCUT2D eigenvalue weighted by molar-refractivity contribution is 5.77. The van der Waals surface area contributed by atoms with Crippen LogP contribution in [-0.4, -0.2) is 55.6 Å². The third-order valence-electron chi connectivity index (χ3n) is 4.03. The number of hydrogen-bond donors (Lipinski definition) is 2. The summed E-state index contributed by atoms with van der Waals surface area (Å²) in [6.07, 6.45) is -0.185. The van der Waals surface area contributed by atoms with Crippen molar-refractivity contribution in [3.63, 3.8) is 0 Å². The van der Waals surface area contributed by atoms with E-state index in [9.17, 15) is 5.11 Å². The van der Waals surface area contributed by atoms with E-state index in [4.69, 9.17) is 5.73 Å². The molecule has 1 aliphatic rings. The molecule has 1 aromatic carbocycles. The van der Waals surface area contributed by atoms with Gasteiger partial charge in [0.05, 0.1) is 18.0 Å². The Morgan fingerprint density at radius 1 is 1.10 bits per heavy atom. The minimum absolute atomic E-state index is 0.117. The predicted molar refractivity (Wildman–Crippen MR) is 84.0 cm³/mol. The Hall–Kier alpha value is -1.30. The molecular weight excluding hydrogens is 252 g/mol. The molecule has 3 N–H and O–H groups in total. The van der Waals surface area contributed by atoms with Crippen LogP contribution in [0.1, 0.15) is 13.8 Å². The normalized spacial score (nSPS) is 17.9. The van der Waals surface area contributed by atoms with Gasteiger partial charge in [0.25, 0.3) is 0 Å². The van der Waals surface area contributed by atoms with E-state index >= 15 is 0 Å². The number of benzene rings is 1. The van der Waals surface area contributed by atoms with Crippen molar-refractivity contribution in [1.82, 2.24) is 4.90 Å². The molecule has 0 radical (unpaired) electrons. The molecule has 0 aromatic heterocycles. The van der Waals surface area contributed by atoms with Gasteiger partial charge in [-0.1, -0.05) is 26.0 Å². The van der Waals surface area contributed by atoms with E-state index in [1.54, 1.807) is 0 Å². The Morgan fingerprint density at radius 2 is 1.65 bits per heavy atom. The number of fused-ring (bicyclic) bond motifs is 1. The van der Waals surface area contributed by atoms with E-state index in [1.165, 1.54) is 5.69 Å². The SMILES string of the molecule is CCN(CC)CCN1c2ccccc2N(CCO)C1N. The van der Waals surface area contributed by atoms with Crippen molar-refractivity contribution in [2.75, 3.05) is 49.1 Å². The maximum atomic E-state index is 9.23. The highest BCUT2D eigenvalue weighted by atomic mass is 16.3. The van der Waals surface area contributed by atoms with Crippen LogP contribution < -0.4 is 15.5 Å². The Labute approximate surface area is 121 Å². The molecule has 0 fully saturated rings. The summed E-state index contributed by atoms with van der Waals surface area (Å²) in [4.78, 5) is 6.69. The van der Waals surface area contributed by atoms with Crippen LogP contribution in [0, 0.1) is 0 Å². The topological polar surface area (TPSA) is 56.0 Å². The number of hydrogen-bond acceptors (Lipinski definition) is 5. The fourth-order valence-corrected chi connectivity index (χ4v) is 2.81. The number of nitrogens with two attached hydrogens (primary N) is 1. The van der Waals surface area contributed by atoms with E-state index in [2.05, 4.69) is 40.7 Å². The third kappa shape index (κ3) is 2.90. The average Bonchev–Trinajstić information content (AvgIpc) is 2.74. The third-order valence-corrected chi connectivity index (χ3v) is 4.03. The summed E-state index contributed by atoms with van der Waals surface area (Å²) in [5, 5.41) is 9.23. The van der Waals surface area contributed by atoms with Crippen LogP contribution in [0.15, 0.2) is 24.3 Å². The molecule has 2 rings (SSSR count). The number of para-hydroxylation sites is 2. The zero-order chi connectivity index (χ0) is 14.5. The first-order valence-corrected chi connectivity index (χ1v) is 7.44. The van der Waals surface area contributed by atoms with E-state index in [0.717, 1.165) is 31.9 Å². The van der Waals surface area contributed by atoms with Crippen LogP contribution in [0.3, 0.4) is 0 Å². The minimum Gasteiger partial charge on any atom is -0.395 e. The van der Waals surface area contributed by atoms with Crippen molar-refractivity contribution in [1.29, 1.82) is 0 Å². The lowest BCUT2D eigenvalue weighted by Gasteiger charge is -2.31. The van der Waals surface area contributed by atoms with Gasteiger partial charge in [-0.05, 0) is 25.2 Å². The number of aliphatic hydroxyl groups is 1. The summed E-state index contributed by atoms with van der Waals surface area (Å²) in [6, 6.07) is 8.24. The first kappa shape index (κ1) is 15.1. The molecule has 1 aliphatic heterocycles. The monoisotopic (exact) mass is 278 g/mol. The van der Waals surface area contributed by atoms with E-state index in [1.807, 2.05) is 12.1 Å². The molecular formula is C15H26N4O. The second-order valence-electron chi connectivity index (χ2n) is 5.04. The molecule has 5 heteroatoms. The molecule has 0 spiro atoms. The summed E-state index contributed by atoms with van der Waals surface area (Å²) < 4.78 is 0. The lowest BCUT2D eigenvalue weighted by atomic mass is 10.2. The van der Waals surface area contributed by atoms with E-state index < -0.39 is 0 Å². The summed E-state index contributed by atoms with van der Waals surface area (Å²) in [7, 11) is 0. The number of likely N-dealkylation sites (N-methyl/N-ethyl adjacent to an activating group) is 1. The fourth-order valence-electron chi connectivity index (χ4n) is 2.81. The maximum absolute atomic E-state index is 9.23. The predicted octanol–water partition coefficient (Wildman–Crippen LogP) is 0.889. The van der Waals surface area contributed by atoms with Gasteiger partial charge in [0.2, 0.25) is 0 Å². The highest BCUT2D eigenvalue weighted by Crippen LogP contribution is 2.37. The Bertz CT molecular complexity index is 422. The number of anilines is 2. The van der Waals surface area contributed by atoms with Gasteiger partial charge in [-0.3, -0.25) is 5.73 Å². The molecule has 1 atom stereocenters. The fraction of sp³-hybridized carbons (Fsp3) is 0.600. The number of rotatable bonds is 7. The molecule has 0 saturated carbocycles. The number of nitrogens with zero attached hydrogens (tertiary/aromatic N) is 3. The van der Waals surface area contributed by atoms with Gasteiger partial charge in [0, 0.05) is 19.6 Å². The van der Waals surface area contributed by atoms with Crippen LogP contribution in [0.2, 0.25) is 0 Å². The van der Waals surface area contributed by atoms with Gasteiger partial charge in [-0.25, -0.2) is 0 Å². The summed E-state index contributed by atoms with van der Waals surface area (Å²) in [5.74, 6) is 0. The van der Waals surface area contributed by atoms with Gasteiger partial charge in [-0.15, -0.1) is 0 Å². The zero-order valence-corrected chi connectivity index (χ0v) is 12.5. The van der Waals surface area contributed by atoms with Crippen molar-refractivity contribution in [2.45, 2.75) is 20.1 Å². The number of aliphatic hydroxyl groups excluding tert-OH is 1. The summed E-state index contributed by atoms with van der Waals surface area (Å²) in [5.41, 5.74) is 8.64. The molecule has 0 saturated heterocycles. The van der Waals surface area contributed by atoms with Gasteiger partial charge in [0.15, 0.2) is 6.29 Å². The molecule has 1 aromatic rings. The van der Waals surface area contributed by atoms with Crippen LogP contribution in [0.25, 0.3) is 0 Å². The Kier molecular flexibility index (Phi) is 5.23. The van der Waals surface area contributed by atoms with E-state index in [-0.39, 0.29) is 12.9 Å². The maximum Gasteiger partial charge on any atom is 0.155 e. The van der Waals surface area contributed by atoms with Gasteiger partial charge < -0.3 is 19.8 Å². The lowest BCUT2D eigenvalue weighted by molar-refractivity contribution is 0.293. The minimum atomic E-state index is -0.185. The van der Waals surface area contributed by atoms with Crippen molar-refractivity contribution in [3.05, 3.63) is 24.3 Å². The first-order chi connectivity index (χ1) is 9.72. The second-order valence-corrected chi connectivity index (χ2v) is 5.04. The first-order valence-electron chi connectivity index (χ1n) is 7.44. The van der Waals surface area contributed by atoms with Crippen LogP contribution in [0.5, 0.6) is 0 Å². The average molecular weight is 278 g/mol. The lowest BCUT2D eigenvalue weighted by Crippen LogP contribution is -2.52. The van der Waals surface area contributed by atoms with Crippen molar-refractivity contribution in [2.24, 2.45) is 5.73 Å². The molecule has 0 aliphatic carbocycles. The zero-order valence-electron chi connectivity index (χ0n) is 12.5. The van der Waals surface area contributed by atoms with Crippen LogP contribution >= 0.6 is 0 Å². The van der Waals surface area contributed by atoms with Gasteiger partial charge in [0.1, 0.15) is 0 Å². The Balaban J connectivity index is 2.13. The highest BCUT2D eigenvalue weighted by Gasteiger charge is 2.32. The van der Waals surface area contributed by atoms with Crippen molar-refractivity contribution < 1.29 is 5.11 Å². The molecule has 112 valence electrons. The standard InChI is InChI=1S/C15H26N4O/c1-3-17(4-2)9-10-18-13-7-5-6-8-14(13)19(11-12-20)15(18)16/h5-8,15,20H,3-4,9-12,16H2,1-2H3. The van der Waals surface area contributed by atoms with Gasteiger partial charge >= 0.3 is 0 Å².